The van der Waals surface area contributed by atoms with Crippen molar-refractivity contribution in [3.63, 3.8) is 0 Å². The van der Waals surface area contributed by atoms with Crippen LogP contribution in [0.4, 0.5) is 0 Å². The zero-order chi connectivity index (χ0) is 18.7. The van der Waals surface area contributed by atoms with Crippen LogP contribution < -0.4 is 0 Å². The molecule has 0 atom stereocenters. The second-order valence-electron chi connectivity index (χ2n) is 8.05. The summed E-state index contributed by atoms with van der Waals surface area (Å²) < 4.78 is 6.27. The van der Waals surface area contributed by atoms with Crippen LogP contribution in [-0.2, 0) is 4.44 Å². The second-order valence-corrected chi connectivity index (χ2v) is 21.9. The van der Waals surface area contributed by atoms with Crippen molar-refractivity contribution in [2.75, 3.05) is 0 Å². The number of benzene rings is 2. The molecular formula is C25H38Sn. The Hall–Kier alpha value is -0.761. The summed E-state index contributed by atoms with van der Waals surface area (Å²) in [6.07, 6.45) is 8.49. The third kappa shape index (κ3) is 6.76. The Morgan fingerprint density at radius 2 is 1.04 bits per heavy atom. The summed E-state index contributed by atoms with van der Waals surface area (Å²) in [5, 5.41) is 0. The predicted molar refractivity (Wildman–Crippen MR) is 120 cm³/mol. The van der Waals surface area contributed by atoms with E-state index in [-0.39, 0.29) is 0 Å². The Labute approximate surface area is 166 Å². The van der Waals surface area contributed by atoms with Crippen LogP contribution in [0.2, 0.25) is 13.3 Å². The molecule has 0 saturated heterocycles. The van der Waals surface area contributed by atoms with Gasteiger partial charge in [-0.3, -0.25) is 0 Å². The zero-order valence-corrected chi connectivity index (χ0v) is 20.1. The fourth-order valence-electron chi connectivity index (χ4n) is 4.17. The molecule has 0 aliphatic carbocycles. The van der Waals surface area contributed by atoms with Crippen molar-refractivity contribution in [3.8, 4) is 11.1 Å². The molecule has 0 radical (unpaired) electrons. The molecule has 0 heterocycles. The van der Waals surface area contributed by atoms with E-state index in [1.54, 1.807) is 18.9 Å². The molecule has 0 bridgehead atoms. The molecule has 0 spiro atoms. The average Bonchev–Trinajstić information content (AvgIpc) is 2.70. The van der Waals surface area contributed by atoms with Gasteiger partial charge in [-0.15, -0.1) is 0 Å². The first-order chi connectivity index (χ1) is 12.7. The van der Waals surface area contributed by atoms with E-state index in [0.29, 0.717) is 0 Å². The molecule has 0 unspecified atom stereocenters. The first-order valence-corrected chi connectivity index (χ1v) is 18.9. The van der Waals surface area contributed by atoms with Gasteiger partial charge in [-0.2, -0.15) is 0 Å². The van der Waals surface area contributed by atoms with Crippen molar-refractivity contribution in [3.05, 3.63) is 60.2 Å². The van der Waals surface area contributed by atoms with E-state index >= 15 is 0 Å². The number of hydrogen-bond acceptors (Lipinski definition) is 0. The van der Waals surface area contributed by atoms with E-state index in [2.05, 4.69) is 75.4 Å². The van der Waals surface area contributed by atoms with Gasteiger partial charge < -0.3 is 0 Å². The molecule has 0 nitrogen and oxygen atoms in total. The van der Waals surface area contributed by atoms with Crippen LogP contribution in [0.1, 0.15) is 64.9 Å². The molecule has 0 aliphatic heterocycles. The molecule has 0 saturated carbocycles. The fourth-order valence-corrected chi connectivity index (χ4v) is 20.4. The van der Waals surface area contributed by atoms with Gasteiger partial charge in [0.2, 0.25) is 0 Å². The topological polar surface area (TPSA) is 0 Å². The maximum atomic E-state index is 2.43. The summed E-state index contributed by atoms with van der Waals surface area (Å²) in [6, 6.07) is 20.3. The van der Waals surface area contributed by atoms with Crippen molar-refractivity contribution in [2.45, 2.75) is 77.0 Å². The Morgan fingerprint density at radius 1 is 0.577 bits per heavy atom. The monoisotopic (exact) mass is 458 g/mol. The van der Waals surface area contributed by atoms with Gasteiger partial charge in [-0.25, -0.2) is 0 Å². The summed E-state index contributed by atoms with van der Waals surface area (Å²) in [5.41, 5.74) is 4.30. The van der Waals surface area contributed by atoms with Crippen molar-refractivity contribution in [1.82, 2.24) is 0 Å². The van der Waals surface area contributed by atoms with E-state index in [9.17, 15) is 0 Å². The quantitative estimate of drug-likeness (QED) is 0.281. The van der Waals surface area contributed by atoms with Crippen molar-refractivity contribution in [2.24, 2.45) is 0 Å². The van der Waals surface area contributed by atoms with Gasteiger partial charge in [0.25, 0.3) is 0 Å². The van der Waals surface area contributed by atoms with Crippen molar-refractivity contribution >= 4 is 18.4 Å². The zero-order valence-electron chi connectivity index (χ0n) is 17.3. The van der Waals surface area contributed by atoms with E-state index in [0.717, 1.165) is 0 Å². The van der Waals surface area contributed by atoms with Crippen LogP contribution in [0.15, 0.2) is 54.6 Å². The molecular weight excluding hydrogens is 419 g/mol. The first kappa shape index (κ1) is 21.5. The van der Waals surface area contributed by atoms with Gasteiger partial charge in [0.05, 0.1) is 0 Å². The number of unbranched alkanes of at least 4 members (excludes halogenated alkanes) is 3. The van der Waals surface area contributed by atoms with Crippen molar-refractivity contribution < 1.29 is 0 Å². The van der Waals surface area contributed by atoms with Gasteiger partial charge in [-0.1, -0.05) is 0 Å². The summed E-state index contributed by atoms with van der Waals surface area (Å²) >= 11 is -2.07. The van der Waals surface area contributed by atoms with E-state index in [1.165, 1.54) is 54.1 Å². The fraction of sp³-hybridized carbons (Fsp3) is 0.520. The Balaban J connectivity index is 2.16. The molecule has 0 aliphatic rings. The molecule has 0 fully saturated rings. The van der Waals surface area contributed by atoms with Crippen LogP contribution >= 0.6 is 0 Å². The minimum atomic E-state index is -2.07. The van der Waals surface area contributed by atoms with Gasteiger partial charge in [0.1, 0.15) is 0 Å². The SMILES string of the molecule is CCC[CH2][Sn]([CH2]CCC)([CH2]CCC)[CH2]c1ccc(-c2ccccc2)cc1. The molecule has 0 aromatic heterocycles. The maximum absolute atomic E-state index is 2.43. The summed E-state index contributed by atoms with van der Waals surface area (Å²) in [7, 11) is 0. The molecule has 1 heteroatoms. The van der Waals surface area contributed by atoms with Crippen LogP contribution in [0.5, 0.6) is 0 Å². The summed E-state index contributed by atoms with van der Waals surface area (Å²) in [4.78, 5) is 0. The molecule has 0 amide bonds. The van der Waals surface area contributed by atoms with E-state index in [1.807, 2.05) is 0 Å². The van der Waals surface area contributed by atoms with Crippen LogP contribution in [-0.4, -0.2) is 18.4 Å². The minimum absolute atomic E-state index is 1.33. The van der Waals surface area contributed by atoms with Crippen molar-refractivity contribution in [1.29, 1.82) is 0 Å². The van der Waals surface area contributed by atoms with Crippen LogP contribution in [0.3, 0.4) is 0 Å². The third-order valence-corrected chi connectivity index (χ3v) is 21.2. The Bertz CT molecular complexity index is 578. The standard InChI is InChI=1S/C13H11.3C4H9.Sn/c1-11-7-9-13(10-8-11)12-5-3-2-4-6-12;3*1-3-4-2;/h2-10H,1H2;3*1,3-4H2,2H3;. The Kier molecular flexibility index (Phi) is 9.81. The third-order valence-electron chi connectivity index (χ3n) is 5.82. The second kappa shape index (κ2) is 11.8. The van der Waals surface area contributed by atoms with Gasteiger partial charge in [-0.05, 0) is 0 Å². The van der Waals surface area contributed by atoms with E-state index < -0.39 is 18.4 Å². The van der Waals surface area contributed by atoms with Crippen LogP contribution in [0, 0.1) is 0 Å². The van der Waals surface area contributed by atoms with Gasteiger partial charge in [0, 0.05) is 0 Å². The first-order valence-electron chi connectivity index (χ1n) is 10.9. The summed E-state index contributed by atoms with van der Waals surface area (Å²) in [5.74, 6) is 0. The predicted octanol–water partition coefficient (Wildman–Crippen LogP) is 8.28. The van der Waals surface area contributed by atoms with E-state index in [4.69, 9.17) is 0 Å². The van der Waals surface area contributed by atoms with Gasteiger partial charge >= 0.3 is 167 Å². The van der Waals surface area contributed by atoms with Crippen LogP contribution in [0.25, 0.3) is 11.1 Å². The molecule has 2 rings (SSSR count). The molecule has 142 valence electrons. The molecule has 2 aromatic rings. The normalized spacial score (nSPS) is 11.7. The summed E-state index contributed by atoms with van der Waals surface area (Å²) in [6.45, 7) is 7.10. The number of hydrogen-bond donors (Lipinski definition) is 0. The average molecular weight is 457 g/mol. The molecule has 2 aromatic carbocycles. The number of rotatable bonds is 12. The molecule has 26 heavy (non-hydrogen) atoms. The van der Waals surface area contributed by atoms with Gasteiger partial charge in [0.15, 0.2) is 0 Å². The molecule has 0 N–H and O–H groups in total. The Morgan fingerprint density at radius 3 is 1.50 bits per heavy atom.